The van der Waals surface area contributed by atoms with Gasteiger partial charge in [-0.3, -0.25) is 14.3 Å². The molecule has 0 bridgehead atoms. The number of hydrogen-bond donors (Lipinski definition) is 4. The first-order valence-corrected chi connectivity index (χ1v) is 16.9. The number of urea groups is 1. The zero-order valence-electron chi connectivity index (χ0n) is 24.9. The standard InChI is InChI=1S/C31H43N5O6S/c1-3-35(31(40)32-24-13-8-5-9-14-24)21-28(37)27(17-22-11-6-4-7-12-22)33-30(39)23-18-25(34-43(2,41)42)20-26(19-23)36-16-10-15-29(36)38/h4,6-7,11-12,18-20,24,27-28,34,37H,3,5,8-10,13-17,21H2,1-2H3,(H,32,40)(H,33,39)/t27-,28-/m0/s1. The highest BCUT2D eigenvalue weighted by atomic mass is 32.2. The highest BCUT2D eigenvalue weighted by molar-refractivity contribution is 7.92. The van der Waals surface area contributed by atoms with Gasteiger partial charge in [0.15, 0.2) is 0 Å². The average Bonchev–Trinajstić information content (AvgIpc) is 3.41. The van der Waals surface area contributed by atoms with E-state index in [4.69, 9.17) is 0 Å². The number of likely N-dealkylation sites (N-methyl/N-ethyl adjacent to an activating group) is 1. The van der Waals surface area contributed by atoms with E-state index in [0.29, 0.717) is 38.0 Å². The van der Waals surface area contributed by atoms with Crippen LogP contribution in [0.1, 0.15) is 67.8 Å². The summed E-state index contributed by atoms with van der Waals surface area (Å²) in [6.45, 7) is 2.71. The van der Waals surface area contributed by atoms with E-state index in [-0.39, 0.29) is 35.8 Å². The number of amides is 4. The van der Waals surface area contributed by atoms with Crippen molar-refractivity contribution in [2.75, 3.05) is 35.5 Å². The van der Waals surface area contributed by atoms with Crippen LogP contribution in [-0.4, -0.2) is 80.3 Å². The molecular weight excluding hydrogens is 570 g/mol. The first kappa shape index (κ1) is 32.3. The normalized spacial score (nSPS) is 17.3. The number of nitrogens with zero attached hydrogens (tertiary/aromatic N) is 2. The molecule has 2 fully saturated rings. The molecule has 12 heteroatoms. The summed E-state index contributed by atoms with van der Waals surface area (Å²) < 4.78 is 26.4. The first-order valence-electron chi connectivity index (χ1n) is 15.0. The third kappa shape index (κ3) is 9.42. The van der Waals surface area contributed by atoms with Crippen molar-refractivity contribution in [3.05, 3.63) is 59.7 Å². The minimum atomic E-state index is -3.65. The molecule has 2 atom stereocenters. The molecule has 2 aliphatic rings. The fourth-order valence-corrected chi connectivity index (χ4v) is 6.26. The van der Waals surface area contributed by atoms with E-state index < -0.39 is 28.1 Å². The van der Waals surface area contributed by atoms with Crippen LogP contribution in [0, 0.1) is 0 Å². The Hall–Kier alpha value is -3.64. The Bertz CT molecular complexity index is 1380. The van der Waals surface area contributed by atoms with Crippen LogP contribution in [0.2, 0.25) is 0 Å². The minimum Gasteiger partial charge on any atom is -0.389 e. The number of aliphatic hydroxyl groups is 1. The monoisotopic (exact) mass is 613 g/mol. The summed E-state index contributed by atoms with van der Waals surface area (Å²) in [5, 5.41) is 17.4. The van der Waals surface area contributed by atoms with Gasteiger partial charge in [0.2, 0.25) is 15.9 Å². The van der Waals surface area contributed by atoms with Crippen molar-refractivity contribution in [3.8, 4) is 0 Å². The number of carbonyl (C=O) groups is 3. The van der Waals surface area contributed by atoms with Crippen LogP contribution in [-0.2, 0) is 21.2 Å². The molecule has 1 aliphatic carbocycles. The van der Waals surface area contributed by atoms with Crippen molar-refractivity contribution in [1.29, 1.82) is 0 Å². The van der Waals surface area contributed by atoms with E-state index >= 15 is 0 Å². The Balaban J connectivity index is 1.56. The topological polar surface area (TPSA) is 148 Å². The zero-order chi connectivity index (χ0) is 31.0. The van der Waals surface area contributed by atoms with E-state index in [9.17, 15) is 27.9 Å². The summed E-state index contributed by atoms with van der Waals surface area (Å²) >= 11 is 0. The summed E-state index contributed by atoms with van der Waals surface area (Å²) in [7, 11) is -3.65. The number of hydrogen-bond acceptors (Lipinski definition) is 6. The summed E-state index contributed by atoms with van der Waals surface area (Å²) in [6, 6.07) is 13.0. The van der Waals surface area contributed by atoms with Gasteiger partial charge in [-0.15, -0.1) is 0 Å². The van der Waals surface area contributed by atoms with E-state index in [1.54, 1.807) is 11.0 Å². The van der Waals surface area contributed by atoms with Gasteiger partial charge in [-0.05, 0) is 56.4 Å². The van der Waals surface area contributed by atoms with Crippen LogP contribution in [0.25, 0.3) is 0 Å². The Morgan fingerprint density at radius 2 is 1.79 bits per heavy atom. The molecule has 1 aliphatic heterocycles. The average molecular weight is 614 g/mol. The van der Waals surface area contributed by atoms with Crippen molar-refractivity contribution in [3.63, 3.8) is 0 Å². The molecule has 1 heterocycles. The SMILES string of the molecule is CCN(C[C@H](O)[C@H](Cc1ccccc1)NC(=O)c1cc(NS(C)(=O)=O)cc(N2CCCC2=O)c1)C(=O)NC1CCCCC1. The second-order valence-corrected chi connectivity index (χ2v) is 13.2. The molecule has 4 amide bonds. The number of benzene rings is 2. The van der Waals surface area contributed by atoms with E-state index in [1.807, 2.05) is 37.3 Å². The Labute approximate surface area is 254 Å². The van der Waals surface area contributed by atoms with Gasteiger partial charge in [-0.25, -0.2) is 13.2 Å². The summed E-state index contributed by atoms with van der Waals surface area (Å²) in [4.78, 5) is 42.3. The summed E-state index contributed by atoms with van der Waals surface area (Å²) in [5.74, 6) is -0.647. The molecule has 0 aromatic heterocycles. The third-order valence-electron chi connectivity index (χ3n) is 7.96. The highest BCUT2D eigenvalue weighted by Gasteiger charge is 2.29. The predicted molar refractivity (Wildman–Crippen MR) is 167 cm³/mol. The van der Waals surface area contributed by atoms with Crippen molar-refractivity contribution >= 4 is 39.2 Å². The molecule has 0 radical (unpaired) electrons. The molecule has 4 rings (SSSR count). The van der Waals surface area contributed by atoms with Crippen molar-refractivity contribution in [2.45, 2.75) is 76.5 Å². The van der Waals surface area contributed by atoms with Crippen LogP contribution in [0.5, 0.6) is 0 Å². The molecule has 0 unspecified atom stereocenters. The minimum absolute atomic E-state index is 0.00996. The molecule has 2 aromatic carbocycles. The highest BCUT2D eigenvalue weighted by Crippen LogP contribution is 2.27. The maximum Gasteiger partial charge on any atom is 0.317 e. The second-order valence-electron chi connectivity index (χ2n) is 11.5. The fraction of sp³-hybridized carbons (Fsp3) is 0.516. The number of sulfonamides is 1. The molecular formula is C31H43N5O6S. The molecule has 1 saturated carbocycles. The van der Waals surface area contributed by atoms with Gasteiger partial charge in [0.05, 0.1) is 30.6 Å². The number of carbonyl (C=O) groups excluding carboxylic acids is 3. The Morgan fingerprint density at radius 3 is 2.42 bits per heavy atom. The third-order valence-corrected chi connectivity index (χ3v) is 8.56. The molecule has 1 saturated heterocycles. The lowest BCUT2D eigenvalue weighted by Crippen LogP contribution is -2.53. The zero-order valence-corrected chi connectivity index (χ0v) is 25.7. The van der Waals surface area contributed by atoms with Gasteiger partial charge in [0.1, 0.15) is 0 Å². The molecule has 0 spiro atoms. The fourth-order valence-electron chi connectivity index (χ4n) is 5.72. The number of nitrogens with one attached hydrogen (secondary N) is 3. The summed E-state index contributed by atoms with van der Waals surface area (Å²) in [6.07, 6.45) is 6.47. The first-order chi connectivity index (χ1) is 20.5. The maximum atomic E-state index is 13.7. The molecule has 2 aromatic rings. The van der Waals surface area contributed by atoms with E-state index in [1.165, 1.54) is 23.5 Å². The van der Waals surface area contributed by atoms with Gasteiger partial charge in [0.25, 0.3) is 5.91 Å². The Kier molecular flexibility index (Phi) is 11.0. The van der Waals surface area contributed by atoms with E-state index in [2.05, 4.69) is 15.4 Å². The lowest BCUT2D eigenvalue weighted by molar-refractivity contribution is -0.117. The second kappa shape index (κ2) is 14.7. The lowest BCUT2D eigenvalue weighted by atomic mass is 9.96. The van der Waals surface area contributed by atoms with Crippen LogP contribution < -0.4 is 20.3 Å². The van der Waals surface area contributed by atoms with Crippen molar-refractivity contribution < 1.29 is 27.9 Å². The smallest absolute Gasteiger partial charge is 0.317 e. The van der Waals surface area contributed by atoms with Gasteiger partial charge >= 0.3 is 6.03 Å². The van der Waals surface area contributed by atoms with Gasteiger partial charge in [0, 0.05) is 36.8 Å². The number of aliphatic hydroxyl groups excluding tert-OH is 1. The largest absolute Gasteiger partial charge is 0.389 e. The van der Waals surface area contributed by atoms with Crippen molar-refractivity contribution in [1.82, 2.24) is 15.5 Å². The van der Waals surface area contributed by atoms with Crippen LogP contribution in [0.15, 0.2) is 48.5 Å². The predicted octanol–water partition coefficient (Wildman–Crippen LogP) is 3.25. The van der Waals surface area contributed by atoms with Gasteiger partial charge in [-0.1, -0.05) is 49.6 Å². The van der Waals surface area contributed by atoms with Crippen LogP contribution in [0.4, 0.5) is 16.2 Å². The number of rotatable bonds is 12. The Morgan fingerprint density at radius 1 is 1.07 bits per heavy atom. The molecule has 43 heavy (non-hydrogen) atoms. The van der Waals surface area contributed by atoms with Gasteiger partial charge < -0.3 is 25.5 Å². The maximum absolute atomic E-state index is 13.7. The van der Waals surface area contributed by atoms with Crippen molar-refractivity contribution in [2.24, 2.45) is 0 Å². The van der Waals surface area contributed by atoms with Gasteiger partial charge in [-0.2, -0.15) is 0 Å². The molecule has 234 valence electrons. The quantitative estimate of drug-likeness (QED) is 0.289. The summed E-state index contributed by atoms with van der Waals surface area (Å²) in [5.41, 5.74) is 1.59. The van der Waals surface area contributed by atoms with Crippen LogP contribution in [0.3, 0.4) is 0 Å². The van der Waals surface area contributed by atoms with E-state index in [0.717, 1.165) is 37.5 Å². The van der Waals surface area contributed by atoms with Crippen LogP contribution >= 0.6 is 0 Å². The molecule has 4 N–H and O–H groups in total. The number of anilines is 2. The molecule has 11 nitrogen and oxygen atoms in total. The lowest BCUT2D eigenvalue weighted by Gasteiger charge is -2.32.